The van der Waals surface area contributed by atoms with Gasteiger partial charge in [-0.3, -0.25) is 0 Å². The number of halogens is 1. The Hall–Kier alpha value is -0.680. The molecule has 13 heavy (non-hydrogen) atoms. The molecule has 0 saturated carbocycles. The SMILES string of the molecule is COCCN(C)c1ncncc1Br. The normalized spacial score (nSPS) is 10.1. The summed E-state index contributed by atoms with van der Waals surface area (Å²) in [7, 11) is 3.65. The monoisotopic (exact) mass is 245 g/mol. The molecule has 1 aromatic rings. The molecular weight excluding hydrogens is 234 g/mol. The second-order valence-electron chi connectivity index (χ2n) is 2.61. The van der Waals surface area contributed by atoms with Gasteiger partial charge >= 0.3 is 0 Å². The average Bonchev–Trinajstić information content (AvgIpc) is 2.15. The van der Waals surface area contributed by atoms with Gasteiger partial charge in [0.1, 0.15) is 12.1 Å². The van der Waals surface area contributed by atoms with Crippen LogP contribution in [0.5, 0.6) is 0 Å². The number of rotatable bonds is 4. The Balaban J connectivity index is 2.65. The Bertz CT molecular complexity index is 269. The Morgan fingerprint density at radius 3 is 3.00 bits per heavy atom. The van der Waals surface area contributed by atoms with Gasteiger partial charge in [0, 0.05) is 26.9 Å². The van der Waals surface area contributed by atoms with Crippen LogP contribution in [0.2, 0.25) is 0 Å². The molecule has 0 saturated heterocycles. The highest BCUT2D eigenvalue weighted by Crippen LogP contribution is 2.20. The van der Waals surface area contributed by atoms with E-state index in [1.807, 2.05) is 11.9 Å². The molecule has 0 atom stereocenters. The number of anilines is 1. The van der Waals surface area contributed by atoms with Crippen molar-refractivity contribution in [2.75, 3.05) is 32.2 Å². The van der Waals surface area contributed by atoms with E-state index in [0.717, 1.165) is 16.8 Å². The van der Waals surface area contributed by atoms with Gasteiger partial charge in [-0.05, 0) is 15.9 Å². The summed E-state index contributed by atoms with van der Waals surface area (Å²) >= 11 is 3.38. The summed E-state index contributed by atoms with van der Waals surface area (Å²) in [5.41, 5.74) is 0. The fourth-order valence-electron chi connectivity index (χ4n) is 0.921. The van der Waals surface area contributed by atoms with Crippen molar-refractivity contribution < 1.29 is 4.74 Å². The summed E-state index contributed by atoms with van der Waals surface area (Å²) in [6, 6.07) is 0. The van der Waals surface area contributed by atoms with Gasteiger partial charge in [-0.15, -0.1) is 0 Å². The largest absolute Gasteiger partial charge is 0.383 e. The smallest absolute Gasteiger partial charge is 0.146 e. The van der Waals surface area contributed by atoms with Crippen molar-refractivity contribution in [1.29, 1.82) is 0 Å². The van der Waals surface area contributed by atoms with Crippen LogP contribution in [0.1, 0.15) is 0 Å². The maximum absolute atomic E-state index is 4.97. The van der Waals surface area contributed by atoms with Gasteiger partial charge in [-0.2, -0.15) is 0 Å². The van der Waals surface area contributed by atoms with Crippen molar-refractivity contribution >= 4 is 21.7 Å². The van der Waals surface area contributed by atoms with Gasteiger partial charge < -0.3 is 9.64 Å². The molecule has 0 aliphatic rings. The average molecular weight is 246 g/mol. The lowest BCUT2D eigenvalue weighted by atomic mass is 10.5. The lowest BCUT2D eigenvalue weighted by Gasteiger charge is -2.17. The van der Waals surface area contributed by atoms with Crippen LogP contribution in [-0.4, -0.2) is 37.3 Å². The highest BCUT2D eigenvalue weighted by atomic mass is 79.9. The van der Waals surface area contributed by atoms with Crippen molar-refractivity contribution in [3.8, 4) is 0 Å². The predicted octanol–water partition coefficient (Wildman–Crippen LogP) is 1.32. The Morgan fingerprint density at radius 2 is 2.38 bits per heavy atom. The molecule has 1 aromatic heterocycles. The number of methoxy groups -OCH3 is 1. The molecular formula is C8H12BrN3O. The van der Waals surface area contributed by atoms with Crippen molar-refractivity contribution in [2.45, 2.75) is 0 Å². The molecule has 72 valence electrons. The minimum Gasteiger partial charge on any atom is -0.383 e. The topological polar surface area (TPSA) is 38.2 Å². The van der Waals surface area contributed by atoms with Crippen LogP contribution < -0.4 is 4.90 Å². The van der Waals surface area contributed by atoms with Gasteiger partial charge in [0.15, 0.2) is 0 Å². The predicted molar refractivity (Wildman–Crippen MR) is 54.9 cm³/mol. The van der Waals surface area contributed by atoms with Crippen LogP contribution >= 0.6 is 15.9 Å². The molecule has 0 spiro atoms. The fourth-order valence-corrected chi connectivity index (χ4v) is 1.44. The summed E-state index contributed by atoms with van der Waals surface area (Å²) in [6.07, 6.45) is 3.26. The number of hydrogen-bond donors (Lipinski definition) is 0. The maximum atomic E-state index is 4.97. The lowest BCUT2D eigenvalue weighted by Crippen LogP contribution is -2.23. The Labute approximate surface area is 86.1 Å². The molecule has 0 aliphatic carbocycles. The van der Waals surface area contributed by atoms with E-state index in [2.05, 4.69) is 25.9 Å². The van der Waals surface area contributed by atoms with Crippen molar-refractivity contribution in [1.82, 2.24) is 9.97 Å². The zero-order valence-corrected chi connectivity index (χ0v) is 9.28. The highest BCUT2D eigenvalue weighted by Gasteiger charge is 2.05. The summed E-state index contributed by atoms with van der Waals surface area (Å²) in [4.78, 5) is 10.0. The van der Waals surface area contributed by atoms with E-state index in [1.165, 1.54) is 6.33 Å². The van der Waals surface area contributed by atoms with E-state index >= 15 is 0 Å². The lowest BCUT2D eigenvalue weighted by molar-refractivity contribution is 0.206. The summed E-state index contributed by atoms with van der Waals surface area (Å²) in [5, 5.41) is 0. The number of aromatic nitrogens is 2. The number of ether oxygens (including phenoxy) is 1. The number of hydrogen-bond acceptors (Lipinski definition) is 4. The highest BCUT2D eigenvalue weighted by molar-refractivity contribution is 9.10. The molecule has 1 rings (SSSR count). The molecule has 5 heteroatoms. The molecule has 0 unspecified atom stereocenters. The first kappa shape index (κ1) is 10.4. The van der Waals surface area contributed by atoms with Crippen LogP contribution in [0.4, 0.5) is 5.82 Å². The third-order valence-corrected chi connectivity index (χ3v) is 2.20. The first-order chi connectivity index (χ1) is 6.25. The zero-order chi connectivity index (χ0) is 9.68. The van der Waals surface area contributed by atoms with Crippen LogP contribution in [0, 0.1) is 0 Å². The molecule has 0 aliphatic heterocycles. The minimum atomic E-state index is 0.687. The molecule has 0 amide bonds. The van der Waals surface area contributed by atoms with Gasteiger partial charge in [0.05, 0.1) is 11.1 Å². The van der Waals surface area contributed by atoms with E-state index in [1.54, 1.807) is 13.3 Å². The summed E-state index contributed by atoms with van der Waals surface area (Å²) in [6.45, 7) is 1.50. The van der Waals surface area contributed by atoms with Crippen LogP contribution in [0.25, 0.3) is 0 Å². The fraction of sp³-hybridized carbons (Fsp3) is 0.500. The standard InChI is InChI=1S/C8H12BrN3O/c1-12(3-4-13-2)8-7(9)5-10-6-11-8/h5-6H,3-4H2,1-2H3. The number of likely N-dealkylation sites (N-methyl/N-ethyl adjacent to an activating group) is 1. The Kier molecular flexibility index (Phi) is 4.11. The van der Waals surface area contributed by atoms with Crippen LogP contribution in [0.15, 0.2) is 17.0 Å². The zero-order valence-electron chi connectivity index (χ0n) is 7.70. The van der Waals surface area contributed by atoms with Gasteiger partial charge in [-0.1, -0.05) is 0 Å². The van der Waals surface area contributed by atoms with Crippen LogP contribution in [0.3, 0.4) is 0 Å². The van der Waals surface area contributed by atoms with Gasteiger partial charge in [-0.25, -0.2) is 9.97 Å². The molecule has 0 N–H and O–H groups in total. The van der Waals surface area contributed by atoms with E-state index in [-0.39, 0.29) is 0 Å². The summed E-state index contributed by atoms with van der Waals surface area (Å²) in [5.74, 6) is 0.882. The second-order valence-corrected chi connectivity index (χ2v) is 3.46. The molecule has 4 nitrogen and oxygen atoms in total. The van der Waals surface area contributed by atoms with Crippen molar-refractivity contribution in [2.24, 2.45) is 0 Å². The molecule has 1 heterocycles. The van der Waals surface area contributed by atoms with E-state index < -0.39 is 0 Å². The summed E-state index contributed by atoms with van der Waals surface area (Å²) < 4.78 is 5.87. The quantitative estimate of drug-likeness (QED) is 0.803. The van der Waals surface area contributed by atoms with E-state index in [0.29, 0.717) is 6.61 Å². The first-order valence-electron chi connectivity index (χ1n) is 3.91. The number of nitrogens with zero attached hydrogens (tertiary/aromatic N) is 3. The van der Waals surface area contributed by atoms with Crippen LogP contribution in [-0.2, 0) is 4.74 Å². The minimum absolute atomic E-state index is 0.687. The van der Waals surface area contributed by atoms with Gasteiger partial charge in [0.25, 0.3) is 0 Å². The second kappa shape index (κ2) is 5.14. The molecule has 0 aromatic carbocycles. The Morgan fingerprint density at radius 1 is 1.62 bits per heavy atom. The van der Waals surface area contributed by atoms with E-state index in [4.69, 9.17) is 4.74 Å². The van der Waals surface area contributed by atoms with E-state index in [9.17, 15) is 0 Å². The van der Waals surface area contributed by atoms with Crippen molar-refractivity contribution in [3.63, 3.8) is 0 Å². The van der Waals surface area contributed by atoms with Gasteiger partial charge in [0.2, 0.25) is 0 Å². The first-order valence-corrected chi connectivity index (χ1v) is 4.70. The molecule has 0 bridgehead atoms. The third kappa shape index (κ3) is 2.93. The van der Waals surface area contributed by atoms with Crippen molar-refractivity contribution in [3.05, 3.63) is 17.0 Å². The maximum Gasteiger partial charge on any atom is 0.146 e. The third-order valence-electron chi connectivity index (χ3n) is 1.64. The molecule has 0 fully saturated rings. The molecule has 0 radical (unpaired) electrons.